The predicted octanol–water partition coefficient (Wildman–Crippen LogP) is 3.01. The molecule has 0 bridgehead atoms. The SMILES string of the molecule is CCc1nnc(NCC2(CC)CCCC2)o1. The standard InChI is InChI=1S/C12H21N3O/c1-3-10-14-15-11(16-10)13-9-12(4-2)7-5-6-8-12/h3-9H2,1-2H3,(H,13,15). The Balaban J connectivity index is 1.90. The summed E-state index contributed by atoms with van der Waals surface area (Å²) in [6, 6.07) is 0.580. The van der Waals surface area contributed by atoms with Crippen LogP contribution in [0.25, 0.3) is 0 Å². The average molecular weight is 223 g/mol. The maximum absolute atomic E-state index is 5.45. The molecule has 0 saturated heterocycles. The van der Waals surface area contributed by atoms with Crippen LogP contribution in [0.3, 0.4) is 0 Å². The number of hydrogen-bond acceptors (Lipinski definition) is 4. The van der Waals surface area contributed by atoms with Gasteiger partial charge in [-0.1, -0.05) is 31.8 Å². The molecule has 1 aliphatic rings. The molecule has 0 radical (unpaired) electrons. The molecule has 1 saturated carbocycles. The highest BCUT2D eigenvalue weighted by molar-refractivity contribution is 5.18. The van der Waals surface area contributed by atoms with Crippen molar-refractivity contribution in [3.63, 3.8) is 0 Å². The summed E-state index contributed by atoms with van der Waals surface area (Å²) in [5.74, 6) is 0.708. The highest BCUT2D eigenvalue weighted by atomic mass is 16.4. The van der Waals surface area contributed by atoms with Crippen LogP contribution in [0.4, 0.5) is 6.01 Å². The molecule has 0 spiro atoms. The van der Waals surface area contributed by atoms with Gasteiger partial charge in [0.15, 0.2) is 0 Å². The van der Waals surface area contributed by atoms with Gasteiger partial charge in [-0.25, -0.2) is 0 Å². The predicted molar refractivity (Wildman–Crippen MR) is 63.4 cm³/mol. The van der Waals surface area contributed by atoms with Gasteiger partial charge in [-0.2, -0.15) is 0 Å². The van der Waals surface area contributed by atoms with Crippen molar-refractivity contribution in [3.8, 4) is 0 Å². The second-order valence-corrected chi connectivity index (χ2v) is 4.77. The van der Waals surface area contributed by atoms with Crippen molar-refractivity contribution in [2.45, 2.75) is 52.4 Å². The Morgan fingerprint density at radius 2 is 2.00 bits per heavy atom. The van der Waals surface area contributed by atoms with Crippen LogP contribution < -0.4 is 5.32 Å². The molecule has 4 nitrogen and oxygen atoms in total. The van der Waals surface area contributed by atoms with Crippen molar-refractivity contribution in [2.75, 3.05) is 11.9 Å². The van der Waals surface area contributed by atoms with Gasteiger partial charge in [0, 0.05) is 13.0 Å². The van der Waals surface area contributed by atoms with Crippen molar-refractivity contribution < 1.29 is 4.42 Å². The maximum Gasteiger partial charge on any atom is 0.315 e. The van der Waals surface area contributed by atoms with Gasteiger partial charge in [0.05, 0.1) is 0 Å². The number of hydrogen-bond donors (Lipinski definition) is 1. The first-order valence-electron chi connectivity index (χ1n) is 6.34. The molecule has 0 atom stereocenters. The Hall–Kier alpha value is -1.06. The summed E-state index contributed by atoms with van der Waals surface area (Å²) in [4.78, 5) is 0. The van der Waals surface area contributed by atoms with E-state index in [1.165, 1.54) is 32.1 Å². The van der Waals surface area contributed by atoms with Gasteiger partial charge in [-0.15, -0.1) is 5.10 Å². The van der Waals surface area contributed by atoms with E-state index in [-0.39, 0.29) is 0 Å². The average Bonchev–Trinajstić information content (AvgIpc) is 2.96. The number of rotatable bonds is 5. The lowest BCUT2D eigenvalue weighted by Gasteiger charge is -2.26. The van der Waals surface area contributed by atoms with Crippen LogP contribution in [0.15, 0.2) is 4.42 Å². The number of nitrogens with zero attached hydrogens (tertiary/aromatic N) is 2. The summed E-state index contributed by atoms with van der Waals surface area (Å²) < 4.78 is 5.45. The Morgan fingerprint density at radius 1 is 1.25 bits per heavy atom. The largest absolute Gasteiger partial charge is 0.408 e. The van der Waals surface area contributed by atoms with Gasteiger partial charge in [-0.05, 0) is 24.7 Å². The fourth-order valence-electron chi connectivity index (χ4n) is 2.51. The molecule has 1 aromatic rings. The third-order valence-corrected chi connectivity index (χ3v) is 3.80. The molecule has 2 rings (SSSR count). The van der Waals surface area contributed by atoms with E-state index in [0.29, 0.717) is 17.3 Å². The van der Waals surface area contributed by atoms with Crippen LogP contribution >= 0.6 is 0 Å². The fraction of sp³-hybridized carbons (Fsp3) is 0.833. The van der Waals surface area contributed by atoms with E-state index in [0.717, 1.165) is 13.0 Å². The van der Waals surface area contributed by atoms with E-state index in [1.54, 1.807) is 0 Å². The van der Waals surface area contributed by atoms with Gasteiger partial charge >= 0.3 is 6.01 Å². The molecule has 1 N–H and O–H groups in total. The second kappa shape index (κ2) is 4.85. The number of aromatic nitrogens is 2. The van der Waals surface area contributed by atoms with Gasteiger partial charge in [-0.3, -0.25) is 0 Å². The van der Waals surface area contributed by atoms with Crippen molar-refractivity contribution in [1.82, 2.24) is 10.2 Å². The van der Waals surface area contributed by atoms with Crippen LogP contribution in [0.1, 0.15) is 51.8 Å². The zero-order valence-electron chi connectivity index (χ0n) is 10.3. The molecule has 1 fully saturated rings. The van der Waals surface area contributed by atoms with Gasteiger partial charge < -0.3 is 9.73 Å². The molecule has 4 heteroatoms. The van der Waals surface area contributed by atoms with Gasteiger partial charge in [0.25, 0.3) is 0 Å². The van der Waals surface area contributed by atoms with E-state index in [9.17, 15) is 0 Å². The topological polar surface area (TPSA) is 51.0 Å². The smallest absolute Gasteiger partial charge is 0.315 e. The van der Waals surface area contributed by atoms with E-state index in [1.807, 2.05) is 6.92 Å². The summed E-state index contributed by atoms with van der Waals surface area (Å²) in [7, 11) is 0. The van der Waals surface area contributed by atoms with Crippen LogP contribution in [0.5, 0.6) is 0 Å². The molecule has 0 aromatic carbocycles. The Bertz CT molecular complexity index is 329. The Morgan fingerprint density at radius 3 is 2.56 bits per heavy atom. The zero-order valence-corrected chi connectivity index (χ0v) is 10.3. The van der Waals surface area contributed by atoms with Crippen molar-refractivity contribution in [3.05, 3.63) is 5.89 Å². The molecule has 90 valence electrons. The van der Waals surface area contributed by atoms with E-state index < -0.39 is 0 Å². The minimum absolute atomic E-state index is 0.459. The molecule has 1 aromatic heterocycles. The lowest BCUT2D eigenvalue weighted by atomic mass is 9.83. The van der Waals surface area contributed by atoms with E-state index in [2.05, 4.69) is 22.4 Å². The van der Waals surface area contributed by atoms with Crippen LogP contribution in [-0.2, 0) is 6.42 Å². The van der Waals surface area contributed by atoms with Crippen molar-refractivity contribution in [2.24, 2.45) is 5.41 Å². The van der Waals surface area contributed by atoms with Crippen LogP contribution in [0.2, 0.25) is 0 Å². The molecule has 0 amide bonds. The summed E-state index contributed by atoms with van der Waals surface area (Å²) in [6.07, 6.45) is 7.40. The summed E-state index contributed by atoms with van der Waals surface area (Å²) >= 11 is 0. The normalized spacial score (nSPS) is 18.9. The molecule has 1 aliphatic carbocycles. The minimum Gasteiger partial charge on any atom is -0.408 e. The van der Waals surface area contributed by atoms with Crippen molar-refractivity contribution in [1.29, 1.82) is 0 Å². The highest BCUT2D eigenvalue weighted by Crippen LogP contribution is 2.40. The summed E-state index contributed by atoms with van der Waals surface area (Å²) in [5.41, 5.74) is 0.459. The quantitative estimate of drug-likeness (QED) is 0.833. The van der Waals surface area contributed by atoms with Gasteiger partial charge in [0.1, 0.15) is 0 Å². The molecule has 16 heavy (non-hydrogen) atoms. The third-order valence-electron chi connectivity index (χ3n) is 3.80. The van der Waals surface area contributed by atoms with Crippen LogP contribution in [0, 0.1) is 5.41 Å². The Kier molecular flexibility index (Phi) is 3.46. The highest BCUT2D eigenvalue weighted by Gasteiger charge is 2.32. The molecule has 1 heterocycles. The minimum atomic E-state index is 0.459. The van der Waals surface area contributed by atoms with E-state index in [4.69, 9.17) is 4.42 Å². The summed E-state index contributed by atoms with van der Waals surface area (Å²) in [5, 5.41) is 11.2. The summed E-state index contributed by atoms with van der Waals surface area (Å²) in [6.45, 7) is 5.26. The molecule has 0 aliphatic heterocycles. The van der Waals surface area contributed by atoms with Crippen molar-refractivity contribution >= 4 is 6.01 Å². The lowest BCUT2D eigenvalue weighted by Crippen LogP contribution is -2.25. The first-order chi connectivity index (χ1) is 7.78. The lowest BCUT2D eigenvalue weighted by molar-refractivity contribution is 0.303. The molecular formula is C12H21N3O. The monoisotopic (exact) mass is 223 g/mol. The molecular weight excluding hydrogens is 202 g/mol. The number of anilines is 1. The second-order valence-electron chi connectivity index (χ2n) is 4.77. The number of aryl methyl sites for hydroxylation is 1. The van der Waals surface area contributed by atoms with Gasteiger partial charge in [0.2, 0.25) is 5.89 Å². The van der Waals surface area contributed by atoms with E-state index >= 15 is 0 Å². The Labute approximate surface area is 96.8 Å². The number of nitrogens with one attached hydrogen (secondary N) is 1. The maximum atomic E-state index is 5.45. The first-order valence-corrected chi connectivity index (χ1v) is 6.34. The first kappa shape index (κ1) is 11.4. The third kappa shape index (κ3) is 2.36. The van der Waals surface area contributed by atoms with Crippen LogP contribution in [-0.4, -0.2) is 16.7 Å². The molecule has 0 unspecified atom stereocenters. The fourth-order valence-corrected chi connectivity index (χ4v) is 2.51. The zero-order chi connectivity index (χ0) is 11.4.